The highest BCUT2D eigenvalue weighted by Crippen LogP contribution is 2.28. The van der Waals surface area contributed by atoms with E-state index in [-0.39, 0.29) is 0 Å². The number of hydrogen-bond donors (Lipinski definition) is 1. The lowest BCUT2D eigenvalue weighted by atomic mass is 10.1. The van der Waals surface area contributed by atoms with Crippen LogP contribution in [0.4, 0.5) is 5.69 Å². The van der Waals surface area contributed by atoms with Crippen molar-refractivity contribution in [1.29, 1.82) is 5.26 Å². The molecule has 5 heteroatoms. The SMILES string of the molecule is COc1ccc(CNc2c(C#N)cnc3ccc(Cl)cc23)cc1. The molecule has 0 bridgehead atoms. The number of benzene rings is 2. The van der Waals surface area contributed by atoms with E-state index in [9.17, 15) is 5.26 Å². The largest absolute Gasteiger partial charge is 0.497 e. The topological polar surface area (TPSA) is 57.9 Å². The maximum absolute atomic E-state index is 9.33. The van der Waals surface area contributed by atoms with Crippen LogP contribution >= 0.6 is 11.6 Å². The van der Waals surface area contributed by atoms with Gasteiger partial charge in [0.1, 0.15) is 11.8 Å². The number of pyridine rings is 1. The summed E-state index contributed by atoms with van der Waals surface area (Å²) in [6, 6.07) is 15.4. The number of rotatable bonds is 4. The van der Waals surface area contributed by atoms with Crippen molar-refractivity contribution in [3.63, 3.8) is 0 Å². The summed E-state index contributed by atoms with van der Waals surface area (Å²) in [5, 5.41) is 14.1. The Balaban J connectivity index is 1.94. The summed E-state index contributed by atoms with van der Waals surface area (Å²) >= 11 is 6.08. The third-order valence-corrected chi connectivity index (χ3v) is 3.81. The highest BCUT2D eigenvalue weighted by Gasteiger charge is 2.09. The van der Waals surface area contributed by atoms with Gasteiger partial charge in [-0.1, -0.05) is 23.7 Å². The molecule has 0 aliphatic carbocycles. The molecule has 0 aliphatic heterocycles. The fourth-order valence-corrected chi connectivity index (χ4v) is 2.55. The quantitative estimate of drug-likeness (QED) is 0.774. The number of fused-ring (bicyclic) bond motifs is 1. The summed E-state index contributed by atoms with van der Waals surface area (Å²) in [4.78, 5) is 4.29. The average Bonchev–Trinajstić information content (AvgIpc) is 2.60. The normalized spacial score (nSPS) is 10.3. The summed E-state index contributed by atoms with van der Waals surface area (Å²) in [6.07, 6.45) is 1.58. The lowest BCUT2D eigenvalue weighted by Gasteiger charge is -2.12. The predicted molar refractivity (Wildman–Crippen MR) is 91.8 cm³/mol. The number of nitrogens with one attached hydrogen (secondary N) is 1. The molecular formula is C18H14ClN3O. The lowest BCUT2D eigenvalue weighted by Crippen LogP contribution is -2.03. The molecule has 3 aromatic rings. The number of nitriles is 1. The van der Waals surface area contributed by atoms with Gasteiger partial charge < -0.3 is 10.1 Å². The van der Waals surface area contributed by atoms with Gasteiger partial charge in [-0.25, -0.2) is 0 Å². The molecule has 0 saturated heterocycles. The number of ether oxygens (including phenoxy) is 1. The average molecular weight is 324 g/mol. The standard InChI is InChI=1S/C18H14ClN3O/c1-23-15-5-2-12(3-6-15)10-22-18-13(9-20)11-21-17-7-4-14(19)8-16(17)18/h2-8,11H,10H2,1H3,(H,21,22). The molecule has 0 atom stereocenters. The van der Waals surface area contributed by atoms with Gasteiger partial charge in [0.15, 0.2) is 0 Å². The van der Waals surface area contributed by atoms with Crippen LogP contribution in [0.3, 0.4) is 0 Å². The molecule has 0 fully saturated rings. The molecule has 0 saturated carbocycles. The molecule has 3 rings (SSSR count). The predicted octanol–water partition coefficient (Wildman–Crippen LogP) is 4.38. The van der Waals surface area contributed by atoms with Crippen LogP contribution in [-0.2, 0) is 6.54 Å². The van der Waals surface area contributed by atoms with E-state index in [2.05, 4.69) is 16.4 Å². The van der Waals surface area contributed by atoms with Gasteiger partial charge in [-0.3, -0.25) is 4.98 Å². The van der Waals surface area contributed by atoms with Crippen LogP contribution in [0.25, 0.3) is 10.9 Å². The molecule has 2 aromatic carbocycles. The van der Waals surface area contributed by atoms with E-state index >= 15 is 0 Å². The number of halogens is 1. The molecule has 1 N–H and O–H groups in total. The number of anilines is 1. The summed E-state index contributed by atoms with van der Waals surface area (Å²) in [7, 11) is 1.64. The monoisotopic (exact) mass is 323 g/mol. The Morgan fingerprint density at radius 1 is 1.22 bits per heavy atom. The Bertz CT molecular complexity index is 885. The van der Waals surface area contributed by atoms with Crippen LogP contribution < -0.4 is 10.1 Å². The fourth-order valence-electron chi connectivity index (χ4n) is 2.37. The molecule has 1 heterocycles. The first-order valence-corrected chi connectivity index (χ1v) is 7.44. The van der Waals surface area contributed by atoms with Crippen LogP contribution in [0.2, 0.25) is 5.02 Å². The van der Waals surface area contributed by atoms with Crippen LogP contribution in [0.1, 0.15) is 11.1 Å². The summed E-state index contributed by atoms with van der Waals surface area (Å²) < 4.78 is 5.15. The highest BCUT2D eigenvalue weighted by atomic mass is 35.5. The van der Waals surface area contributed by atoms with Crippen molar-refractivity contribution < 1.29 is 4.74 Å². The Labute approximate surface area is 139 Å². The van der Waals surface area contributed by atoms with E-state index < -0.39 is 0 Å². The van der Waals surface area contributed by atoms with Gasteiger partial charge >= 0.3 is 0 Å². The Morgan fingerprint density at radius 2 is 2.00 bits per heavy atom. The second-order valence-corrected chi connectivity index (χ2v) is 5.46. The smallest absolute Gasteiger partial charge is 0.118 e. The molecule has 23 heavy (non-hydrogen) atoms. The van der Waals surface area contributed by atoms with E-state index in [4.69, 9.17) is 16.3 Å². The Morgan fingerprint density at radius 3 is 2.70 bits per heavy atom. The van der Waals surface area contributed by atoms with E-state index in [0.29, 0.717) is 17.1 Å². The maximum Gasteiger partial charge on any atom is 0.118 e. The first-order chi connectivity index (χ1) is 11.2. The van der Waals surface area contributed by atoms with Crippen LogP contribution in [0, 0.1) is 11.3 Å². The zero-order chi connectivity index (χ0) is 16.2. The molecule has 0 radical (unpaired) electrons. The molecule has 114 valence electrons. The molecule has 4 nitrogen and oxygen atoms in total. The van der Waals surface area contributed by atoms with Gasteiger partial charge in [-0.15, -0.1) is 0 Å². The van der Waals surface area contributed by atoms with Crippen molar-refractivity contribution in [1.82, 2.24) is 4.98 Å². The minimum atomic E-state index is 0.494. The van der Waals surface area contributed by atoms with E-state index in [0.717, 1.165) is 27.9 Å². The maximum atomic E-state index is 9.33. The molecular weight excluding hydrogens is 310 g/mol. The van der Waals surface area contributed by atoms with Crippen LogP contribution in [0.5, 0.6) is 5.75 Å². The molecule has 0 aliphatic rings. The zero-order valence-electron chi connectivity index (χ0n) is 12.5. The Hall–Kier alpha value is -2.77. The van der Waals surface area contributed by atoms with Crippen molar-refractivity contribution in [2.75, 3.05) is 12.4 Å². The van der Waals surface area contributed by atoms with Crippen molar-refractivity contribution in [2.24, 2.45) is 0 Å². The first-order valence-electron chi connectivity index (χ1n) is 7.06. The zero-order valence-corrected chi connectivity index (χ0v) is 13.3. The van der Waals surface area contributed by atoms with E-state index in [1.54, 1.807) is 19.4 Å². The van der Waals surface area contributed by atoms with Crippen molar-refractivity contribution in [3.8, 4) is 11.8 Å². The van der Waals surface area contributed by atoms with Crippen LogP contribution in [-0.4, -0.2) is 12.1 Å². The third-order valence-electron chi connectivity index (χ3n) is 3.58. The molecule has 0 amide bonds. The van der Waals surface area contributed by atoms with Crippen LogP contribution in [0.15, 0.2) is 48.7 Å². The number of nitrogens with zero attached hydrogens (tertiary/aromatic N) is 2. The minimum absolute atomic E-state index is 0.494. The van der Waals surface area contributed by atoms with Gasteiger partial charge in [0.25, 0.3) is 0 Å². The summed E-state index contributed by atoms with van der Waals surface area (Å²) in [5.74, 6) is 0.813. The van der Waals surface area contributed by atoms with E-state index in [1.165, 1.54) is 0 Å². The first kappa shape index (κ1) is 15.1. The number of methoxy groups -OCH3 is 1. The molecule has 0 spiro atoms. The Kier molecular flexibility index (Phi) is 4.31. The number of hydrogen-bond acceptors (Lipinski definition) is 4. The van der Waals surface area contributed by atoms with Crippen molar-refractivity contribution >= 4 is 28.2 Å². The molecule has 1 aromatic heterocycles. The van der Waals surface area contributed by atoms with Gasteiger partial charge in [-0.2, -0.15) is 5.26 Å². The summed E-state index contributed by atoms with van der Waals surface area (Å²) in [5.41, 5.74) is 3.12. The second-order valence-electron chi connectivity index (χ2n) is 5.02. The van der Waals surface area contributed by atoms with Gasteiger partial charge in [0.2, 0.25) is 0 Å². The van der Waals surface area contributed by atoms with Gasteiger partial charge in [0, 0.05) is 23.2 Å². The lowest BCUT2D eigenvalue weighted by molar-refractivity contribution is 0.414. The van der Waals surface area contributed by atoms with Gasteiger partial charge in [-0.05, 0) is 35.9 Å². The minimum Gasteiger partial charge on any atom is -0.497 e. The summed E-state index contributed by atoms with van der Waals surface area (Å²) in [6.45, 7) is 0.588. The molecule has 0 unspecified atom stereocenters. The third kappa shape index (κ3) is 3.20. The highest BCUT2D eigenvalue weighted by molar-refractivity contribution is 6.31. The van der Waals surface area contributed by atoms with E-state index in [1.807, 2.05) is 36.4 Å². The number of aromatic nitrogens is 1. The van der Waals surface area contributed by atoms with Crippen molar-refractivity contribution in [2.45, 2.75) is 6.54 Å². The van der Waals surface area contributed by atoms with Crippen molar-refractivity contribution in [3.05, 3.63) is 64.8 Å². The second kappa shape index (κ2) is 6.55. The van der Waals surface area contributed by atoms with Gasteiger partial charge in [0.05, 0.1) is 23.9 Å². The fraction of sp³-hybridized carbons (Fsp3) is 0.111.